The molecule has 5 nitrogen and oxygen atoms in total. The summed E-state index contributed by atoms with van der Waals surface area (Å²) in [5.74, 6) is 1.61. The first-order chi connectivity index (χ1) is 8.81. The Bertz CT molecular complexity index is 627. The van der Waals surface area contributed by atoms with Crippen molar-refractivity contribution >= 4 is 5.69 Å². The van der Waals surface area contributed by atoms with E-state index >= 15 is 0 Å². The summed E-state index contributed by atoms with van der Waals surface area (Å²) in [4.78, 5) is 4.27. The minimum atomic E-state index is 0.463. The fourth-order valence-electron chi connectivity index (χ4n) is 1.64. The first kappa shape index (κ1) is 10.6. The molecular formula is C13H11N3O2. The molecule has 2 aromatic heterocycles. The molecule has 0 saturated carbocycles. The zero-order chi connectivity index (χ0) is 12.4. The van der Waals surface area contributed by atoms with Gasteiger partial charge in [-0.15, -0.1) is 0 Å². The van der Waals surface area contributed by atoms with Gasteiger partial charge in [0.15, 0.2) is 5.76 Å². The molecule has 2 heterocycles. The van der Waals surface area contributed by atoms with Crippen molar-refractivity contribution in [3.63, 3.8) is 0 Å². The summed E-state index contributed by atoms with van der Waals surface area (Å²) in [5.41, 5.74) is 7.43. The van der Waals surface area contributed by atoms with Crippen LogP contribution in [0.2, 0.25) is 0 Å². The molecule has 0 amide bonds. The van der Waals surface area contributed by atoms with Gasteiger partial charge in [-0.25, -0.2) is 0 Å². The van der Waals surface area contributed by atoms with Gasteiger partial charge in [0.2, 0.25) is 11.7 Å². The van der Waals surface area contributed by atoms with E-state index in [1.54, 1.807) is 18.4 Å². The Labute approximate surface area is 103 Å². The molecular weight excluding hydrogens is 230 g/mol. The van der Waals surface area contributed by atoms with Gasteiger partial charge in [-0.05, 0) is 29.8 Å². The first-order valence-electron chi connectivity index (χ1n) is 5.52. The van der Waals surface area contributed by atoms with Crippen molar-refractivity contribution in [2.24, 2.45) is 0 Å². The van der Waals surface area contributed by atoms with Gasteiger partial charge >= 0.3 is 0 Å². The standard InChI is InChI=1S/C13H11N3O2/c14-10-5-3-9(4-6-10)8-12-15-13(16-18-12)11-2-1-7-17-11/h1-7H,8,14H2. The number of nitrogens with two attached hydrogens (primary N) is 1. The van der Waals surface area contributed by atoms with E-state index in [4.69, 9.17) is 14.7 Å². The summed E-state index contributed by atoms with van der Waals surface area (Å²) in [6, 6.07) is 11.1. The molecule has 90 valence electrons. The number of aromatic nitrogens is 2. The van der Waals surface area contributed by atoms with Gasteiger partial charge in [-0.1, -0.05) is 17.3 Å². The molecule has 1 aromatic carbocycles. The maximum atomic E-state index is 5.62. The van der Waals surface area contributed by atoms with Crippen LogP contribution in [-0.2, 0) is 6.42 Å². The summed E-state index contributed by atoms with van der Waals surface area (Å²) >= 11 is 0. The van der Waals surface area contributed by atoms with Gasteiger partial charge in [0, 0.05) is 5.69 Å². The summed E-state index contributed by atoms with van der Waals surface area (Å²) < 4.78 is 10.4. The van der Waals surface area contributed by atoms with Crippen LogP contribution < -0.4 is 5.73 Å². The number of anilines is 1. The predicted molar refractivity (Wildman–Crippen MR) is 65.7 cm³/mol. The average molecular weight is 241 g/mol. The van der Waals surface area contributed by atoms with Gasteiger partial charge in [0.05, 0.1) is 12.7 Å². The van der Waals surface area contributed by atoms with Crippen molar-refractivity contribution in [3.8, 4) is 11.6 Å². The highest BCUT2D eigenvalue weighted by molar-refractivity contribution is 5.45. The monoisotopic (exact) mass is 241 g/mol. The number of hydrogen-bond donors (Lipinski definition) is 1. The van der Waals surface area contributed by atoms with Crippen LogP contribution in [0.5, 0.6) is 0 Å². The van der Waals surface area contributed by atoms with E-state index < -0.39 is 0 Å². The second-order valence-corrected chi connectivity index (χ2v) is 3.91. The largest absolute Gasteiger partial charge is 0.461 e. The lowest BCUT2D eigenvalue weighted by molar-refractivity contribution is 0.384. The maximum Gasteiger partial charge on any atom is 0.238 e. The first-order valence-corrected chi connectivity index (χ1v) is 5.52. The summed E-state index contributed by atoms with van der Waals surface area (Å²) in [7, 11) is 0. The Morgan fingerprint density at radius 3 is 2.67 bits per heavy atom. The van der Waals surface area contributed by atoms with Crippen LogP contribution >= 0.6 is 0 Å². The topological polar surface area (TPSA) is 78.1 Å². The van der Waals surface area contributed by atoms with E-state index in [-0.39, 0.29) is 0 Å². The van der Waals surface area contributed by atoms with Gasteiger partial charge in [0.1, 0.15) is 0 Å². The molecule has 18 heavy (non-hydrogen) atoms. The fraction of sp³-hybridized carbons (Fsp3) is 0.0769. The Hall–Kier alpha value is -2.56. The van der Waals surface area contributed by atoms with Crippen LogP contribution in [0.4, 0.5) is 5.69 Å². The quantitative estimate of drug-likeness (QED) is 0.713. The maximum absolute atomic E-state index is 5.62. The molecule has 0 unspecified atom stereocenters. The van der Waals surface area contributed by atoms with Gasteiger partial charge in [-0.3, -0.25) is 0 Å². The molecule has 0 atom stereocenters. The average Bonchev–Trinajstić information content (AvgIpc) is 3.02. The van der Waals surface area contributed by atoms with Crippen molar-refractivity contribution in [2.45, 2.75) is 6.42 Å². The lowest BCUT2D eigenvalue weighted by Gasteiger charge is -1.96. The molecule has 2 N–H and O–H groups in total. The summed E-state index contributed by atoms with van der Waals surface area (Å²) in [6.07, 6.45) is 2.15. The number of rotatable bonds is 3. The van der Waals surface area contributed by atoms with Crippen LogP contribution in [0.25, 0.3) is 11.6 Å². The molecule has 0 aliphatic rings. The predicted octanol–water partition coefficient (Wildman–Crippen LogP) is 2.50. The van der Waals surface area contributed by atoms with E-state index in [9.17, 15) is 0 Å². The smallest absolute Gasteiger partial charge is 0.238 e. The lowest BCUT2D eigenvalue weighted by Crippen LogP contribution is -1.90. The number of nitrogen functional groups attached to an aromatic ring is 1. The van der Waals surface area contributed by atoms with E-state index in [1.807, 2.05) is 24.3 Å². The molecule has 0 aliphatic carbocycles. The van der Waals surface area contributed by atoms with Gasteiger partial charge < -0.3 is 14.7 Å². The third-order valence-corrected chi connectivity index (χ3v) is 2.54. The summed E-state index contributed by atoms with van der Waals surface area (Å²) in [6.45, 7) is 0. The van der Waals surface area contributed by atoms with Crippen LogP contribution in [0, 0.1) is 0 Å². The second-order valence-electron chi connectivity index (χ2n) is 3.91. The third-order valence-electron chi connectivity index (χ3n) is 2.54. The van der Waals surface area contributed by atoms with E-state index in [0.29, 0.717) is 23.9 Å². The molecule has 0 fully saturated rings. The number of benzene rings is 1. The van der Waals surface area contributed by atoms with Crippen molar-refractivity contribution in [1.82, 2.24) is 10.1 Å². The van der Waals surface area contributed by atoms with Crippen molar-refractivity contribution in [3.05, 3.63) is 54.1 Å². The number of hydrogen-bond acceptors (Lipinski definition) is 5. The molecule has 3 aromatic rings. The molecule has 0 aliphatic heterocycles. The van der Waals surface area contributed by atoms with Gasteiger partial charge in [-0.2, -0.15) is 4.98 Å². The van der Waals surface area contributed by atoms with Crippen molar-refractivity contribution in [1.29, 1.82) is 0 Å². The lowest BCUT2D eigenvalue weighted by atomic mass is 10.1. The summed E-state index contributed by atoms with van der Waals surface area (Å²) in [5, 5.41) is 3.87. The zero-order valence-electron chi connectivity index (χ0n) is 9.54. The highest BCUT2D eigenvalue weighted by Gasteiger charge is 2.10. The number of nitrogens with zero attached hydrogens (tertiary/aromatic N) is 2. The van der Waals surface area contributed by atoms with E-state index in [2.05, 4.69) is 10.1 Å². The fourth-order valence-corrected chi connectivity index (χ4v) is 1.64. The molecule has 0 bridgehead atoms. The van der Waals surface area contributed by atoms with Gasteiger partial charge in [0.25, 0.3) is 0 Å². The van der Waals surface area contributed by atoms with Crippen LogP contribution in [-0.4, -0.2) is 10.1 Å². The zero-order valence-corrected chi connectivity index (χ0v) is 9.54. The Kier molecular flexibility index (Phi) is 2.57. The van der Waals surface area contributed by atoms with Crippen LogP contribution in [0.15, 0.2) is 51.6 Å². The molecule has 0 radical (unpaired) electrons. The molecule has 3 rings (SSSR count). The SMILES string of the molecule is Nc1ccc(Cc2nc(-c3ccco3)no2)cc1. The van der Waals surface area contributed by atoms with Crippen molar-refractivity contribution in [2.75, 3.05) is 5.73 Å². The second kappa shape index (κ2) is 4.37. The van der Waals surface area contributed by atoms with E-state index in [1.165, 1.54) is 0 Å². The van der Waals surface area contributed by atoms with Crippen LogP contribution in [0.3, 0.4) is 0 Å². The van der Waals surface area contributed by atoms with Crippen LogP contribution in [0.1, 0.15) is 11.5 Å². The third kappa shape index (κ3) is 2.10. The van der Waals surface area contributed by atoms with Crippen molar-refractivity contribution < 1.29 is 8.94 Å². The molecule has 5 heteroatoms. The highest BCUT2D eigenvalue weighted by atomic mass is 16.5. The minimum absolute atomic E-state index is 0.463. The Morgan fingerprint density at radius 2 is 1.94 bits per heavy atom. The minimum Gasteiger partial charge on any atom is -0.461 e. The normalized spacial score (nSPS) is 10.7. The Morgan fingerprint density at radius 1 is 1.11 bits per heavy atom. The molecule has 0 saturated heterocycles. The Balaban J connectivity index is 1.80. The van der Waals surface area contributed by atoms with E-state index in [0.717, 1.165) is 11.3 Å². The number of furan rings is 1. The highest BCUT2D eigenvalue weighted by Crippen LogP contribution is 2.17. The molecule has 0 spiro atoms.